The fourth-order valence-corrected chi connectivity index (χ4v) is 7.73. The lowest BCUT2D eigenvalue weighted by atomic mass is 9.55. The highest BCUT2D eigenvalue weighted by atomic mass is 16.5. The number of phenolic OH excluding ortho intramolecular Hbond substituents is 2. The number of aromatic hydroxyl groups is 2. The molecule has 7 heteroatoms. The van der Waals surface area contributed by atoms with Crippen LogP contribution in [-0.2, 0) is 16.0 Å². The zero-order valence-electron chi connectivity index (χ0n) is 24.8. The quantitative estimate of drug-likeness (QED) is 0.255. The number of carbonyl (C=O) groups is 2. The van der Waals surface area contributed by atoms with E-state index in [0.717, 1.165) is 19.3 Å². The number of ketones is 1. The standard InChI is InChI=1S/C20H26O3.C15H14O4/c1-12(21)23-19-8-7-18-17-5-3-13-11-14(22)4-6-15(13)16(17)9-10-20(18,19)2;1-18-11-8-12(16)14(13(9-11)19-2)15(17)10-6-4-3-5-7-10/h4,6,11,16-19,22H,3,5,7-10H2,1-2H3;3-9,16H,1-2H3. The molecule has 0 amide bonds. The van der Waals surface area contributed by atoms with Crippen LogP contribution in [0.3, 0.4) is 0 Å². The largest absolute Gasteiger partial charge is 0.508 e. The van der Waals surface area contributed by atoms with E-state index in [-0.39, 0.29) is 40.3 Å². The van der Waals surface area contributed by atoms with Gasteiger partial charge in [-0.1, -0.05) is 43.3 Å². The molecule has 0 bridgehead atoms. The molecule has 222 valence electrons. The Kier molecular flexibility index (Phi) is 8.48. The van der Waals surface area contributed by atoms with Gasteiger partial charge in [-0.25, -0.2) is 0 Å². The van der Waals surface area contributed by atoms with Crippen molar-refractivity contribution in [2.24, 2.45) is 17.3 Å². The summed E-state index contributed by atoms with van der Waals surface area (Å²) in [5.41, 5.74) is 3.57. The van der Waals surface area contributed by atoms with E-state index >= 15 is 0 Å². The third kappa shape index (κ3) is 5.57. The molecule has 0 radical (unpaired) electrons. The summed E-state index contributed by atoms with van der Waals surface area (Å²) < 4.78 is 15.9. The average Bonchev–Trinajstić information content (AvgIpc) is 3.32. The maximum Gasteiger partial charge on any atom is 0.302 e. The zero-order valence-corrected chi connectivity index (χ0v) is 24.8. The van der Waals surface area contributed by atoms with Gasteiger partial charge in [0.1, 0.15) is 34.7 Å². The van der Waals surface area contributed by atoms with Crippen molar-refractivity contribution in [2.75, 3.05) is 14.2 Å². The first-order valence-corrected chi connectivity index (χ1v) is 14.7. The van der Waals surface area contributed by atoms with E-state index in [1.54, 1.807) is 30.3 Å². The lowest BCUT2D eigenvalue weighted by molar-refractivity contribution is -0.154. The van der Waals surface area contributed by atoms with Gasteiger partial charge in [-0.05, 0) is 79.5 Å². The van der Waals surface area contributed by atoms with E-state index in [2.05, 4.69) is 13.0 Å². The van der Waals surface area contributed by atoms with Crippen LogP contribution in [0.15, 0.2) is 60.7 Å². The fourth-order valence-electron chi connectivity index (χ4n) is 7.73. The molecule has 3 aromatic rings. The van der Waals surface area contributed by atoms with E-state index in [0.29, 0.717) is 34.8 Å². The van der Waals surface area contributed by atoms with Crippen LogP contribution in [-0.4, -0.2) is 42.3 Å². The molecule has 5 unspecified atom stereocenters. The number of aryl methyl sites for hydroxylation is 1. The van der Waals surface area contributed by atoms with Gasteiger partial charge in [0.25, 0.3) is 0 Å². The van der Waals surface area contributed by atoms with Crippen LogP contribution in [0.5, 0.6) is 23.0 Å². The van der Waals surface area contributed by atoms with E-state index in [4.69, 9.17) is 14.2 Å². The molecule has 3 aromatic carbocycles. The lowest BCUT2D eigenvalue weighted by Crippen LogP contribution is -2.45. The monoisotopic (exact) mass is 572 g/mol. The Hall–Kier alpha value is -4.00. The van der Waals surface area contributed by atoms with E-state index in [1.165, 1.54) is 57.6 Å². The highest BCUT2D eigenvalue weighted by Crippen LogP contribution is 2.61. The highest BCUT2D eigenvalue weighted by Gasteiger charge is 2.56. The second-order valence-electron chi connectivity index (χ2n) is 11.9. The number of carbonyl (C=O) groups excluding carboxylic acids is 2. The van der Waals surface area contributed by atoms with Crippen molar-refractivity contribution < 1.29 is 34.0 Å². The number of hydrogen-bond acceptors (Lipinski definition) is 7. The first kappa shape index (κ1) is 29.5. The average molecular weight is 573 g/mol. The number of esters is 1. The molecule has 7 nitrogen and oxygen atoms in total. The van der Waals surface area contributed by atoms with E-state index in [1.807, 2.05) is 18.2 Å². The van der Waals surface area contributed by atoms with Gasteiger partial charge in [0.15, 0.2) is 0 Å². The summed E-state index contributed by atoms with van der Waals surface area (Å²) in [5, 5.41) is 19.7. The van der Waals surface area contributed by atoms with Crippen LogP contribution in [0.1, 0.15) is 78.9 Å². The first-order valence-electron chi connectivity index (χ1n) is 14.7. The van der Waals surface area contributed by atoms with Gasteiger partial charge in [-0.15, -0.1) is 0 Å². The fraction of sp³-hybridized carbons (Fsp3) is 0.429. The predicted octanol–water partition coefficient (Wildman–Crippen LogP) is 6.82. The topological polar surface area (TPSA) is 102 Å². The first-order chi connectivity index (χ1) is 20.2. The van der Waals surface area contributed by atoms with E-state index < -0.39 is 0 Å². The van der Waals surface area contributed by atoms with Gasteiger partial charge in [-0.3, -0.25) is 9.59 Å². The summed E-state index contributed by atoms with van der Waals surface area (Å²) in [6, 6.07) is 17.6. The Labute approximate surface area is 247 Å². The number of hydrogen-bond donors (Lipinski definition) is 2. The SMILES string of the molecule is CC(=O)OC1CCC2C3CCc4cc(O)ccc4C3CCC12C.COc1cc(O)c(C(=O)c2ccccc2)c(OC)c1. The lowest BCUT2D eigenvalue weighted by Gasteiger charge is -2.50. The maximum atomic E-state index is 12.4. The Bertz CT molecular complexity index is 1450. The second kappa shape index (κ2) is 12.1. The van der Waals surface area contributed by atoms with Gasteiger partial charge in [0.2, 0.25) is 5.78 Å². The molecular formula is C35H40O7. The third-order valence-corrected chi connectivity index (χ3v) is 9.70. The zero-order chi connectivity index (χ0) is 30.0. The van der Waals surface area contributed by atoms with Gasteiger partial charge in [0.05, 0.1) is 14.2 Å². The van der Waals surface area contributed by atoms with Crippen LogP contribution >= 0.6 is 0 Å². The molecule has 0 saturated heterocycles. The molecular weight excluding hydrogens is 532 g/mol. The summed E-state index contributed by atoms with van der Waals surface area (Å²) >= 11 is 0. The van der Waals surface area contributed by atoms with Crippen LogP contribution in [0.2, 0.25) is 0 Å². The van der Waals surface area contributed by atoms with Gasteiger partial charge >= 0.3 is 5.97 Å². The molecule has 2 fully saturated rings. The molecule has 42 heavy (non-hydrogen) atoms. The number of rotatable bonds is 5. The van der Waals surface area contributed by atoms with Crippen molar-refractivity contribution in [3.8, 4) is 23.0 Å². The molecule has 0 spiro atoms. The summed E-state index contributed by atoms with van der Waals surface area (Å²) in [6.07, 6.45) is 6.89. The minimum Gasteiger partial charge on any atom is -0.508 e. The van der Waals surface area contributed by atoms with Crippen LogP contribution in [0, 0.1) is 17.3 Å². The molecule has 0 heterocycles. The molecule has 3 aliphatic carbocycles. The van der Waals surface area contributed by atoms with E-state index in [9.17, 15) is 19.8 Å². The summed E-state index contributed by atoms with van der Waals surface area (Å²) in [7, 11) is 2.92. The molecule has 2 N–H and O–H groups in total. The Morgan fingerprint density at radius 1 is 0.905 bits per heavy atom. The van der Waals surface area contributed by atoms with Gasteiger partial charge < -0.3 is 24.4 Å². The minimum atomic E-state index is -0.294. The van der Waals surface area contributed by atoms with Crippen LogP contribution < -0.4 is 9.47 Å². The Morgan fingerprint density at radius 2 is 1.67 bits per heavy atom. The number of ether oxygens (including phenoxy) is 3. The van der Waals surface area contributed by atoms with Crippen molar-refractivity contribution in [1.82, 2.24) is 0 Å². The normalized spacial score (nSPS) is 25.5. The van der Waals surface area contributed by atoms with Crippen molar-refractivity contribution in [3.05, 3.63) is 82.9 Å². The van der Waals surface area contributed by atoms with Gasteiger partial charge in [-0.2, -0.15) is 0 Å². The number of methoxy groups -OCH3 is 2. The number of benzene rings is 3. The molecule has 2 saturated carbocycles. The van der Waals surface area contributed by atoms with Crippen molar-refractivity contribution >= 4 is 11.8 Å². The van der Waals surface area contributed by atoms with Crippen molar-refractivity contribution in [2.45, 2.75) is 64.4 Å². The smallest absolute Gasteiger partial charge is 0.302 e. The molecule has 0 aromatic heterocycles. The maximum absolute atomic E-state index is 12.4. The van der Waals surface area contributed by atoms with Crippen LogP contribution in [0.25, 0.3) is 0 Å². The molecule has 6 rings (SSSR count). The summed E-state index contributed by atoms with van der Waals surface area (Å²) in [4.78, 5) is 23.8. The highest BCUT2D eigenvalue weighted by molar-refractivity contribution is 6.12. The summed E-state index contributed by atoms with van der Waals surface area (Å²) in [5.74, 6) is 2.49. The predicted molar refractivity (Wildman–Crippen MR) is 159 cm³/mol. The van der Waals surface area contributed by atoms with Crippen molar-refractivity contribution in [3.63, 3.8) is 0 Å². The summed E-state index contributed by atoms with van der Waals surface area (Å²) in [6.45, 7) is 3.88. The third-order valence-electron chi connectivity index (χ3n) is 9.70. The number of fused-ring (bicyclic) bond motifs is 5. The minimum absolute atomic E-state index is 0.104. The Morgan fingerprint density at radius 3 is 2.36 bits per heavy atom. The second-order valence-corrected chi connectivity index (χ2v) is 11.9. The molecule has 3 aliphatic rings. The van der Waals surface area contributed by atoms with Crippen molar-refractivity contribution in [1.29, 1.82) is 0 Å². The molecule has 0 aliphatic heterocycles. The van der Waals surface area contributed by atoms with Crippen LogP contribution in [0.4, 0.5) is 0 Å². The Balaban J connectivity index is 0.000000172. The molecule has 5 atom stereocenters. The van der Waals surface area contributed by atoms with Gasteiger partial charge in [0, 0.05) is 30.0 Å². The number of phenols is 2.